The van der Waals surface area contributed by atoms with Gasteiger partial charge in [0.2, 0.25) is 5.91 Å². The van der Waals surface area contributed by atoms with Gasteiger partial charge < -0.3 is 15.2 Å². The number of aromatic nitrogens is 1. The molecule has 2 N–H and O–H groups in total. The Bertz CT molecular complexity index is 941. The van der Waals surface area contributed by atoms with Crippen molar-refractivity contribution in [3.05, 3.63) is 47.7 Å². The summed E-state index contributed by atoms with van der Waals surface area (Å²) in [5.74, 6) is -0.447. The van der Waals surface area contributed by atoms with Gasteiger partial charge in [0, 0.05) is 23.9 Å². The molecule has 144 valence electrons. The lowest BCUT2D eigenvalue weighted by Gasteiger charge is -2.20. The van der Waals surface area contributed by atoms with E-state index >= 15 is 0 Å². The Labute approximate surface area is 161 Å². The minimum Gasteiger partial charge on any atom is -0.480 e. The number of hydrogen-bond donors (Lipinski definition) is 2. The van der Waals surface area contributed by atoms with E-state index in [1.807, 2.05) is 30.3 Å². The van der Waals surface area contributed by atoms with Crippen molar-refractivity contribution >= 4 is 23.8 Å². The summed E-state index contributed by atoms with van der Waals surface area (Å²) >= 11 is 0. The van der Waals surface area contributed by atoms with Gasteiger partial charge in [-0.2, -0.15) is 0 Å². The van der Waals surface area contributed by atoms with Crippen LogP contribution in [0.2, 0.25) is 0 Å². The summed E-state index contributed by atoms with van der Waals surface area (Å²) in [6.45, 7) is 0.472. The van der Waals surface area contributed by atoms with Gasteiger partial charge in [-0.1, -0.05) is 24.3 Å². The Balaban J connectivity index is 1.39. The number of benzene rings is 1. The third kappa shape index (κ3) is 3.53. The van der Waals surface area contributed by atoms with Crippen molar-refractivity contribution in [3.8, 4) is 11.1 Å². The largest absolute Gasteiger partial charge is 0.480 e. The van der Waals surface area contributed by atoms with E-state index in [1.165, 1.54) is 4.90 Å². The monoisotopic (exact) mass is 381 g/mol. The molecule has 0 spiro atoms. The molecule has 3 heterocycles. The second-order valence-electron chi connectivity index (χ2n) is 6.90. The van der Waals surface area contributed by atoms with Crippen LogP contribution in [0.25, 0.3) is 11.1 Å². The van der Waals surface area contributed by atoms with E-state index in [1.54, 1.807) is 6.20 Å². The van der Waals surface area contributed by atoms with Crippen LogP contribution in [0.3, 0.4) is 0 Å². The standard InChI is InChI=1S/C20H19N3O5/c24-17-9-14-8-15(10-21-18(14)22-17)13-5-3-12(4-6-13)11-28-20(27)23-7-1-2-16(23)19(25)26/h3-6,8,10,16H,1-2,7,9,11H2,(H,25,26)(H,21,22,24)/t16-/m1/s1. The first-order valence-corrected chi connectivity index (χ1v) is 9.05. The topological polar surface area (TPSA) is 109 Å². The number of ether oxygens (including phenoxy) is 1. The normalized spacial score (nSPS) is 17.9. The first-order valence-electron chi connectivity index (χ1n) is 9.05. The van der Waals surface area contributed by atoms with Gasteiger partial charge in [0.15, 0.2) is 0 Å². The van der Waals surface area contributed by atoms with Crippen LogP contribution in [0.15, 0.2) is 36.5 Å². The lowest BCUT2D eigenvalue weighted by Crippen LogP contribution is -2.40. The molecule has 1 fully saturated rings. The average molecular weight is 381 g/mol. The molecule has 2 amide bonds. The van der Waals surface area contributed by atoms with Gasteiger partial charge in [-0.05, 0) is 30.0 Å². The molecule has 8 heteroatoms. The summed E-state index contributed by atoms with van der Waals surface area (Å²) in [5, 5.41) is 11.9. The number of rotatable bonds is 4. The number of hydrogen-bond acceptors (Lipinski definition) is 5. The van der Waals surface area contributed by atoms with Gasteiger partial charge in [0.25, 0.3) is 0 Å². The number of amides is 2. The van der Waals surface area contributed by atoms with Gasteiger partial charge in [-0.15, -0.1) is 0 Å². The highest BCUT2D eigenvalue weighted by Crippen LogP contribution is 2.27. The molecule has 0 bridgehead atoms. The van der Waals surface area contributed by atoms with Crippen molar-refractivity contribution in [2.24, 2.45) is 0 Å². The number of pyridine rings is 1. The predicted octanol–water partition coefficient (Wildman–Crippen LogP) is 2.43. The Hall–Kier alpha value is -3.42. The smallest absolute Gasteiger partial charge is 0.410 e. The van der Waals surface area contributed by atoms with E-state index < -0.39 is 18.1 Å². The summed E-state index contributed by atoms with van der Waals surface area (Å²) in [6.07, 6.45) is 2.55. The van der Waals surface area contributed by atoms with Crippen LogP contribution in [0, 0.1) is 0 Å². The van der Waals surface area contributed by atoms with E-state index in [2.05, 4.69) is 10.3 Å². The van der Waals surface area contributed by atoms with E-state index in [0.717, 1.165) is 22.3 Å². The molecular formula is C20H19N3O5. The first kappa shape index (κ1) is 18.0. The summed E-state index contributed by atoms with van der Waals surface area (Å²) in [7, 11) is 0. The van der Waals surface area contributed by atoms with Crippen molar-refractivity contribution in [1.29, 1.82) is 0 Å². The number of carbonyl (C=O) groups is 3. The number of fused-ring (bicyclic) bond motifs is 1. The molecule has 1 aromatic heterocycles. The lowest BCUT2D eigenvalue weighted by molar-refractivity contribution is -0.141. The summed E-state index contributed by atoms with van der Waals surface area (Å²) in [4.78, 5) is 40.3. The fraction of sp³-hybridized carbons (Fsp3) is 0.300. The molecule has 4 rings (SSSR count). The number of nitrogens with zero attached hydrogens (tertiary/aromatic N) is 2. The summed E-state index contributed by atoms with van der Waals surface area (Å²) in [5.41, 5.74) is 3.52. The van der Waals surface area contributed by atoms with E-state index in [4.69, 9.17) is 9.84 Å². The van der Waals surface area contributed by atoms with E-state index in [9.17, 15) is 14.4 Å². The van der Waals surface area contributed by atoms with Crippen molar-refractivity contribution in [1.82, 2.24) is 9.88 Å². The maximum absolute atomic E-state index is 12.2. The van der Waals surface area contributed by atoms with Gasteiger partial charge in [0.05, 0.1) is 6.42 Å². The molecule has 0 saturated carbocycles. The molecule has 8 nitrogen and oxygen atoms in total. The van der Waals surface area contributed by atoms with Crippen LogP contribution in [0.4, 0.5) is 10.6 Å². The van der Waals surface area contributed by atoms with Crippen LogP contribution < -0.4 is 5.32 Å². The van der Waals surface area contributed by atoms with Gasteiger partial charge in [-0.3, -0.25) is 9.69 Å². The van der Waals surface area contributed by atoms with E-state index in [0.29, 0.717) is 31.6 Å². The maximum Gasteiger partial charge on any atom is 0.410 e. The molecule has 28 heavy (non-hydrogen) atoms. The second-order valence-corrected chi connectivity index (χ2v) is 6.90. The number of carboxylic acid groups (broad SMARTS) is 1. The molecule has 0 unspecified atom stereocenters. The van der Waals surface area contributed by atoms with Crippen LogP contribution in [0.1, 0.15) is 24.0 Å². The highest BCUT2D eigenvalue weighted by atomic mass is 16.6. The Kier molecular flexibility index (Phi) is 4.68. The maximum atomic E-state index is 12.2. The first-order chi connectivity index (χ1) is 13.5. The van der Waals surface area contributed by atoms with Gasteiger partial charge in [0.1, 0.15) is 18.5 Å². The van der Waals surface area contributed by atoms with Crippen LogP contribution in [0.5, 0.6) is 0 Å². The Morgan fingerprint density at radius 1 is 1.25 bits per heavy atom. The molecule has 1 atom stereocenters. The minimum absolute atomic E-state index is 0.0556. The number of carbonyl (C=O) groups excluding carboxylic acids is 2. The SMILES string of the molecule is O=C1Cc2cc(-c3ccc(COC(=O)N4CCC[C@@H]4C(=O)O)cc3)cnc2N1. The molecule has 2 aliphatic heterocycles. The highest BCUT2D eigenvalue weighted by molar-refractivity contribution is 5.98. The Morgan fingerprint density at radius 2 is 2.04 bits per heavy atom. The summed E-state index contributed by atoms with van der Waals surface area (Å²) < 4.78 is 5.28. The van der Waals surface area contributed by atoms with Crippen molar-refractivity contribution in [2.45, 2.75) is 31.9 Å². The lowest BCUT2D eigenvalue weighted by atomic mass is 10.0. The number of likely N-dealkylation sites (tertiary alicyclic amines) is 1. The van der Waals surface area contributed by atoms with Crippen LogP contribution >= 0.6 is 0 Å². The molecule has 1 aromatic carbocycles. The summed E-state index contributed by atoms with van der Waals surface area (Å²) in [6, 6.07) is 8.62. The van der Waals surface area contributed by atoms with Gasteiger partial charge >= 0.3 is 12.1 Å². The number of carboxylic acids is 1. The number of aliphatic carboxylic acids is 1. The number of anilines is 1. The molecule has 0 aliphatic carbocycles. The fourth-order valence-corrected chi connectivity index (χ4v) is 3.53. The molecule has 2 aromatic rings. The molecule has 0 radical (unpaired) electrons. The van der Waals surface area contributed by atoms with Crippen LogP contribution in [-0.2, 0) is 27.4 Å². The quantitative estimate of drug-likeness (QED) is 0.842. The zero-order valence-electron chi connectivity index (χ0n) is 15.1. The van der Waals surface area contributed by atoms with Crippen LogP contribution in [-0.4, -0.2) is 45.5 Å². The fourth-order valence-electron chi connectivity index (χ4n) is 3.53. The Morgan fingerprint density at radius 3 is 2.79 bits per heavy atom. The van der Waals surface area contributed by atoms with E-state index in [-0.39, 0.29) is 12.5 Å². The number of nitrogens with one attached hydrogen (secondary N) is 1. The zero-order valence-corrected chi connectivity index (χ0v) is 15.1. The average Bonchev–Trinajstić information content (AvgIpc) is 3.31. The van der Waals surface area contributed by atoms with Gasteiger partial charge in [-0.25, -0.2) is 14.6 Å². The predicted molar refractivity (Wildman–Crippen MR) is 99.6 cm³/mol. The molecule has 2 aliphatic rings. The molecular weight excluding hydrogens is 362 g/mol. The van der Waals surface area contributed by atoms with Crippen molar-refractivity contribution in [2.75, 3.05) is 11.9 Å². The third-order valence-corrected chi connectivity index (χ3v) is 5.00. The minimum atomic E-state index is -1.00. The highest BCUT2D eigenvalue weighted by Gasteiger charge is 2.34. The van der Waals surface area contributed by atoms with Crippen molar-refractivity contribution in [3.63, 3.8) is 0 Å². The zero-order chi connectivity index (χ0) is 19.7. The second kappa shape index (κ2) is 7.30. The third-order valence-electron chi connectivity index (χ3n) is 5.00. The van der Waals surface area contributed by atoms with Crippen molar-refractivity contribution < 1.29 is 24.2 Å². The molecule has 1 saturated heterocycles.